The zero-order chi connectivity index (χ0) is 41.1. The summed E-state index contributed by atoms with van der Waals surface area (Å²) in [5.41, 5.74) is 15.9. The number of thiophene rings is 2. The minimum atomic E-state index is -0.609. The number of nitrogens with zero attached hydrogens (tertiary/aromatic N) is 2. The first-order valence-corrected chi connectivity index (χ1v) is 22.0. The molecule has 5 nitrogen and oxygen atoms in total. The maximum Gasteiger partial charge on any atom is 0.180 e. The maximum atomic E-state index is 10.6. The summed E-state index contributed by atoms with van der Waals surface area (Å²) in [6, 6.07) is 39.3. The smallest absolute Gasteiger partial charge is 0.180 e. The molecule has 0 amide bonds. The normalized spacial score (nSPS) is 14.0. The number of hydrogen-bond acceptors (Lipinski definition) is 7. The summed E-state index contributed by atoms with van der Waals surface area (Å²) in [5, 5.41) is 10.6. The average Bonchev–Trinajstić information content (AvgIpc) is 4.08. The van der Waals surface area contributed by atoms with Crippen molar-refractivity contribution < 1.29 is 14.6 Å². The fourth-order valence-corrected chi connectivity index (χ4v) is 10.5. The number of fused-ring (bicyclic) bond motifs is 11. The number of aromatic nitrogens is 2. The van der Waals surface area contributed by atoms with E-state index in [2.05, 4.69) is 161 Å². The molecule has 3 aliphatic rings. The predicted octanol–water partition coefficient (Wildman–Crippen LogP) is 13.8. The molecule has 60 heavy (non-hydrogen) atoms. The Labute approximate surface area is 358 Å². The van der Waals surface area contributed by atoms with Crippen LogP contribution in [0.3, 0.4) is 0 Å². The quantitative estimate of drug-likeness (QED) is 0.187. The Bertz CT molecular complexity index is 2850. The van der Waals surface area contributed by atoms with Gasteiger partial charge in [-0.3, -0.25) is 0 Å². The molecule has 0 atom stereocenters. The number of hydrogen-bond donors (Lipinski definition) is 1. The largest absolute Gasteiger partial charge is 0.487 e. The Balaban J connectivity index is 1.43. The van der Waals surface area contributed by atoms with Gasteiger partial charge in [0.15, 0.2) is 11.5 Å². The van der Waals surface area contributed by atoms with Gasteiger partial charge in [-0.05, 0) is 86.4 Å². The summed E-state index contributed by atoms with van der Waals surface area (Å²) < 4.78 is 17.9. The van der Waals surface area contributed by atoms with Gasteiger partial charge < -0.3 is 14.6 Å². The molecule has 7 aromatic rings. The highest BCUT2D eigenvalue weighted by molar-refractivity contribution is 7.25. The molecule has 7 heteroatoms. The van der Waals surface area contributed by atoms with Crippen molar-refractivity contribution in [1.29, 1.82) is 0 Å². The topological polar surface area (TPSA) is 64.5 Å². The van der Waals surface area contributed by atoms with E-state index in [1.54, 1.807) is 22.7 Å². The van der Waals surface area contributed by atoms with Crippen molar-refractivity contribution >= 4 is 65.8 Å². The van der Waals surface area contributed by atoms with Crippen LogP contribution in [0.4, 0.5) is 0 Å². The number of aliphatic hydroxyl groups is 1. The van der Waals surface area contributed by atoms with E-state index in [1.807, 2.05) is 6.92 Å². The Morgan fingerprint density at radius 2 is 0.783 bits per heavy atom. The van der Waals surface area contributed by atoms with Crippen LogP contribution in [0.25, 0.3) is 87.6 Å². The van der Waals surface area contributed by atoms with Gasteiger partial charge in [-0.15, -0.1) is 22.7 Å². The highest BCUT2D eigenvalue weighted by Crippen LogP contribution is 2.54. The third kappa shape index (κ3) is 6.86. The lowest BCUT2D eigenvalue weighted by molar-refractivity contribution is 0.0549. The lowest BCUT2D eigenvalue weighted by Crippen LogP contribution is -2.33. The monoisotopic (exact) mass is 820 g/mol. The lowest BCUT2D eigenvalue weighted by Gasteiger charge is -2.23. The second-order valence-corrected chi connectivity index (χ2v) is 18.6. The van der Waals surface area contributed by atoms with E-state index in [4.69, 9.17) is 19.4 Å². The van der Waals surface area contributed by atoms with Crippen LogP contribution < -0.4 is 9.47 Å². The Hall–Kier alpha value is -6.12. The van der Waals surface area contributed by atoms with Crippen LogP contribution in [0.15, 0.2) is 109 Å². The molecule has 0 spiro atoms. The van der Waals surface area contributed by atoms with Crippen LogP contribution in [-0.4, -0.2) is 34.9 Å². The summed E-state index contributed by atoms with van der Waals surface area (Å²) in [7, 11) is 0. The molecule has 1 N–H and O–H groups in total. The van der Waals surface area contributed by atoms with E-state index >= 15 is 0 Å². The molecular weight excluding hydrogens is 777 g/mol. The number of aryl methyl sites for hydroxylation is 4. The van der Waals surface area contributed by atoms with Crippen LogP contribution >= 0.6 is 22.7 Å². The minimum absolute atomic E-state index is 0.0745. The SMILES string of the molecule is Cc1ccc(-c2c3nc(c(-c4ccc(C)cc4)c4sc(c5c4OCC(C)(CO)CO5)c(-c4ccc(C)cc4)c4nc(c(-c5ccc(C)cc5)c5ccc2s5)C=C4)C=C3)cc1. The fourth-order valence-electron chi connectivity index (χ4n) is 8.01. The molecule has 0 aliphatic carbocycles. The van der Waals surface area contributed by atoms with Gasteiger partial charge >= 0.3 is 0 Å². The molecule has 0 saturated heterocycles. The predicted molar refractivity (Wildman–Crippen MR) is 253 cm³/mol. The molecule has 8 bridgehead atoms. The van der Waals surface area contributed by atoms with Crippen LogP contribution in [0, 0.1) is 33.1 Å². The van der Waals surface area contributed by atoms with Crippen molar-refractivity contribution in [3.05, 3.63) is 154 Å². The number of benzene rings is 4. The Morgan fingerprint density at radius 1 is 0.467 bits per heavy atom. The van der Waals surface area contributed by atoms with Crippen LogP contribution in [0.2, 0.25) is 0 Å². The van der Waals surface area contributed by atoms with Gasteiger partial charge in [0.2, 0.25) is 0 Å². The third-order valence-electron chi connectivity index (χ3n) is 11.6. The highest BCUT2D eigenvalue weighted by Gasteiger charge is 2.34. The highest BCUT2D eigenvalue weighted by atomic mass is 32.1. The van der Waals surface area contributed by atoms with Crippen molar-refractivity contribution in [2.24, 2.45) is 5.41 Å². The van der Waals surface area contributed by atoms with Gasteiger partial charge in [-0.2, -0.15) is 0 Å². The van der Waals surface area contributed by atoms with E-state index < -0.39 is 5.41 Å². The molecule has 0 saturated carbocycles. The Morgan fingerprint density at radius 3 is 1.12 bits per heavy atom. The van der Waals surface area contributed by atoms with E-state index in [1.165, 1.54) is 22.3 Å². The van der Waals surface area contributed by atoms with Gasteiger partial charge in [-0.1, -0.05) is 126 Å². The summed E-state index contributed by atoms with van der Waals surface area (Å²) in [5.74, 6) is 1.32. The Kier molecular flexibility index (Phi) is 9.63. The summed E-state index contributed by atoms with van der Waals surface area (Å²) in [6.07, 6.45) is 8.60. The van der Waals surface area contributed by atoms with E-state index in [0.29, 0.717) is 24.7 Å². The first kappa shape index (κ1) is 38.1. The van der Waals surface area contributed by atoms with Crippen molar-refractivity contribution in [3.8, 4) is 56.0 Å². The second-order valence-electron chi connectivity index (χ2n) is 16.5. The summed E-state index contributed by atoms with van der Waals surface area (Å²) in [6.45, 7) is 11.0. The number of aliphatic hydroxyl groups excluding tert-OH is 1. The van der Waals surface area contributed by atoms with Gasteiger partial charge in [0.05, 0.1) is 57.4 Å². The lowest BCUT2D eigenvalue weighted by atomic mass is 9.94. The van der Waals surface area contributed by atoms with Gasteiger partial charge in [0.1, 0.15) is 0 Å². The van der Waals surface area contributed by atoms with E-state index in [9.17, 15) is 5.11 Å². The van der Waals surface area contributed by atoms with Crippen LogP contribution in [0.1, 0.15) is 52.0 Å². The first-order valence-electron chi connectivity index (χ1n) is 20.3. The van der Waals surface area contributed by atoms with E-state index in [0.717, 1.165) is 86.1 Å². The molecule has 3 aliphatic heterocycles. The van der Waals surface area contributed by atoms with Gasteiger partial charge in [0.25, 0.3) is 0 Å². The molecule has 0 fully saturated rings. The summed E-state index contributed by atoms with van der Waals surface area (Å²) in [4.78, 5) is 11.1. The standard InChI is InChI=1S/C53H44N2O3S2/c1-31-6-14-35(15-7-31)45-39-22-24-41(54-39)47(37-18-10-33(3)11-19-37)51-49-50(58-30-53(5,28-56)29-57-49)52(60-51)48(38-20-12-34(4)13-21-38)42-25-23-40(55-42)46(44-27-26-43(45)59-44)36-16-8-32(2)9-17-36/h6-27,56H,28-30H2,1-5H3. The fraction of sp³-hybridized carbons (Fsp3) is 0.170. The zero-order valence-electron chi connectivity index (χ0n) is 34.3. The van der Waals surface area contributed by atoms with Gasteiger partial charge in [-0.25, -0.2) is 9.97 Å². The molecular formula is C53H44N2O3S2. The molecule has 0 unspecified atom stereocenters. The molecule has 296 valence electrons. The number of ether oxygens (including phenoxy) is 2. The molecule has 6 heterocycles. The van der Waals surface area contributed by atoms with Gasteiger partial charge in [0, 0.05) is 31.7 Å². The van der Waals surface area contributed by atoms with Crippen LogP contribution in [-0.2, 0) is 0 Å². The maximum absolute atomic E-state index is 10.6. The van der Waals surface area contributed by atoms with Crippen molar-refractivity contribution in [2.45, 2.75) is 34.6 Å². The van der Waals surface area contributed by atoms with Crippen molar-refractivity contribution in [3.63, 3.8) is 0 Å². The van der Waals surface area contributed by atoms with Crippen molar-refractivity contribution in [2.75, 3.05) is 19.8 Å². The van der Waals surface area contributed by atoms with Crippen LogP contribution in [0.5, 0.6) is 11.5 Å². The average molecular weight is 821 g/mol. The first-order chi connectivity index (χ1) is 29.1. The van der Waals surface area contributed by atoms with E-state index in [-0.39, 0.29) is 6.61 Å². The number of rotatable bonds is 5. The molecule has 4 aromatic carbocycles. The summed E-state index contributed by atoms with van der Waals surface area (Å²) >= 11 is 3.42. The second kappa shape index (κ2) is 15.2. The third-order valence-corrected chi connectivity index (χ3v) is 13.9. The van der Waals surface area contributed by atoms with Crippen molar-refractivity contribution in [1.82, 2.24) is 9.97 Å². The molecule has 0 radical (unpaired) electrons. The minimum Gasteiger partial charge on any atom is -0.487 e. The molecule has 10 rings (SSSR count). The molecule has 3 aromatic heterocycles. The zero-order valence-corrected chi connectivity index (χ0v) is 35.9.